The molecule has 0 amide bonds. The molecule has 1 N–H and O–H groups in total. The molecule has 1 unspecified atom stereocenters. The second-order valence-corrected chi connectivity index (χ2v) is 5.56. The number of hydrogen-bond acceptors (Lipinski definition) is 4. The first kappa shape index (κ1) is 15.4. The van der Waals surface area contributed by atoms with Gasteiger partial charge in [0.25, 0.3) is 0 Å². The Morgan fingerprint density at radius 3 is 2.70 bits per heavy atom. The van der Waals surface area contributed by atoms with Gasteiger partial charge in [-0.1, -0.05) is 11.6 Å². The van der Waals surface area contributed by atoms with Crippen molar-refractivity contribution >= 4 is 11.6 Å². The van der Waals surface area contributed by atoms with E-state index in [0.29, 0.717) is 29.2 Å². The van der Waals surface area contributed by atoms with Gasteiger partial charge in [0.15, 0.2) is 11.5 Å². The first-order valence-electron chi connectivity index (χ1n) is 6.89. The van der Waals surface area contributed by atoms with Gasteiger partial charge in [-0.05, 0) is 37.5 Å². The summed E-state index contributed by atoms with van der Waals surface area (Å²) in [6.45, 7) is 3.24. The molecule has 0 aromatic heterocycles. The van der Waals surface area contributed by atoms with Crippen LogP contribution in [-0.4, -0.2) is 33.0 Å². The van der Waals surface area contributed by atoms with Crippen LogP contribution >= 0.6 is 11.6 Å². The average Bonchev–Trinajstić information content (AvgIpc) is 3.23. The number of halogens is 1. The molecule has 5 heteroatoms. The molecule has 1 aromatic rings. The Balaban J connectivity index is 2.09. The molecule has 112 valence electrons. The van der Waals surface area contributed by atoms with Crippen LogP contribution in [0.25, 0.3) is 0 Å². The van der Waals surface area contributed by atoms with E-state index in [9.17, 15) is 0 Å². The lowest BCUT2D eigenvalue weighted by Gasteiger charge is -2.18. The number of ether oxygens (including phenoxy) is 3. The lowest BCUT2D eigenvalue weighted by molar-refractivity contribution is 0.0900. The highest BCUT2D eigenvalue weighted by atomic mass is 35.5. The minimum atomic E-state index is -0.0816. The van der Waals surface area contributed by atoms with E-state index in [4.69, 9.17) is 25.8 Å². The van der Waals surface area contributed by atoms with E-state index in [1.165, 1.54) is 12.8 Å². The molecule has 1 aliphatic rings. The summed E-state index contributed by atoms with van der Waals surface area (Å²) < 4.78 is 16.3. The molecule has 0 bridgehead atoms. The zero-order valence-corrected chi connectivity index (χ0v) is 13.0. The fourth-order valence-corrected chi connectivity index (χ4v) is 2.29. The molecule has 1 saturated carbocycles. The summed E-state index contributed by atoms with van der Waals surface area (Å²) in [5, 5.41) is 4.03. The number of methoxy groups -OCH3 is 2. The van der Waals surface area contributed by atoms with Gasteiger partial charge in [-0.3, -0.25) is 0 Å². The molecule has 1 aromatic carbocycles. The second kappa shape index (κ2) is 7.16. The van der Waals surface area contributed by atoms with Crippen LogP contribution in [0, 0.1) is 0 Å². The SMILES string of the molecule is COCC(C)Oc1c(Cl)cc(CNC2CC2)cc1OC. The molecule has 0 spiro atoms. The molecule has 4 nitrogen and oxygen atoms in total. The van der Waals surface area contributed by atoms with Crippen LogP contribution in [0.15, 0.2) is 12.1 Å². The highest BCUT2D eigenvalue weighted by molar-refractivity contribution is 6.32. The topological polar surface area (TPSA) is 39.7 Å². The molecule has 1 aliphatic carbocycles. The van der Waals surface area contributed by atoms with E-state index in [1.807, 2.05) is 19.1 Å². The molecule has 20 heavy (non-hydrogen) atoms. The Bertz CT molecular complexity index is 449. The van der Waals surface area contributed by atoms with Crippen LogP contribution < -0.4 is 14.8 Å². The lowest BCUT2D eigenvalue weighted by atomic mass is 10.2. The molecular weight excluding hydrogens is 278 g/mol. The van der Waals surface area contributed by atoms with Crippen LogP contribution in [0.2, 0.25) is 5.02 Å². The predicted molar refractivity (Wildman–Crippen MR) is 79.8 cm³/mol. The number of benzene rings is 1. The number of hydrogen-bond donors (Lipinski definition) is 1. The molecule has 0 heterocycles. The van der Waals surface area contributed by atoms with Gasteiger partial charge in [0, 0.05) is 19.7 Å². The first-order chi connectivity index (χ1) is 9.63. The van der Waals surface area contributed by atoms with Gasteiger partial charge in [-0.15, -0.1) is 0 Å². The quantitative estimate of drug-likeness (QED) is 0.801. The third kappa shape index (κ3) is 4.27. The zero-order chi connectivity index (χ0) is 14.5. The summed E-state index contributed by atoms with van der Waals surface area (Å²) in [6.07, 6.45) is 2.45. The van der Waals surface area contributed by atoms with Gasteiger partial charge in [0.1, 0.15) is 6.10 Å². The van der Waals surface area contributed by atoms with E-state index < -0.39 is 0 Å². The van der Waals surface area contributed by atoms with Crippen molar-refractivity contribution in [2.24, 2.45) is 0 Å². The maximum absolute atomic E-state index is 6.31. The molecule has 1 fully saturated rings. The second-order valence-electron chi connectivity index (χ2n) is 5.15. The zero-order valence-electron chi connectivity index (χ0n) is 12.2. The van der Waals surface area contributed by atoms with Crippen molar-refractivity contribution in [3.63, 3.8) is 0 Å². The molecule has 0 aliphatic heterocycles. The summed E-state index contributed by atoms with van der Waals surface area (Å²) in [7, 11) is 3.27. The summed E-state index contributed by atoms with van der Waals surface area (Å²) >= 11 is 6.31. The van der Waals surface area contributed by atoms with Gasteiger partial charge in [0.05, 0.1) is 18.7 Å². The van der Waals surface area contributed by atoms with E-state index in [-0.39, 0.29) is 6.10 Å². The van der Waals surface area contributed by atoms with Crippen LogP contribution in [0.5, 0.6) is 11.5 Å². The number of nitrogens with one attached hydrogen (secondary N) is 1. The van der Waals surface area contributed by atoms with Gasteiger partial charge in [-0.25, -0.2) is 0 Å². The summed E-state index contributed by atoms with van der Waals surface area (Å²) in [6, 6.07) is 4.56. The summed E-state index contributed by atoms with van der Waals surface area (Å²) in [5.41, 5.74) is 1.10. The van der Waals surface area contributed by atoms with Crippen LogP contribution in [0.3, 0.4) is 0 Å². The van der Waals surface area contributed by atoms with E-state index in [2.05, 4.69) is 5.32 Å². The third-order valence-electron chi connectivity index (χ3n) is 3.18. The van der Waals surface area contributed by atoms with Crippen molar-refractivity contribution in [2.45, 2.75) is 38.5 Å². The van der Waals surface area contributed by atoms with Crippen LogP contribution in [0.4, 0.5) is 0 Å². The van der Waals surface area contributed by atoms with Crippen LogP contribution in [-0.2, 0) is 11.3 Å². The molecule has 1 atom stereocenters. The minimum Gasteiger partial charge on any atom is -0.493 e. The Kier molecular flexibility index (Phi) is 5.52. The monoisotopic (exact) mass is 299 g/mol. The molecule has 0 saturated heterocycles. The fourth-order valence-electron chi connectivity index (χ4n) is 2.01. The van der Waals surface area contributed by atoms with Gasteiger partial charge in [0.2, 0.25) is 0 Å². The van der Waals surface area contributed by atoms with E-state index >= 15 is 0 Å². The van der Waals surface area contributed by atoms with Crippen molar-refractivity contribution in [2.75, 3.05) is 20.8 Å². The Morgan fingerprint density at radius 2 is 2.10 bits per heavy atom. The number of rotatable bonds is 8. The van der Waals surface area contributed by atoms with Crippen molar-refractivity contribution < 1.29 is 14.2 Å². The smallest absolute Gasteiger partial charge is 0.180 e. The average molecular weight is 300 g/mol. The molecule has 0 radical (unpaired) electrons. The normalized spacial score (nSPS) is 16.0. The van der Waals surface area contributed by atoms with E-state index in [1.54, 1.807) is 14.2 Å². The Hall–Kier alpha value is -0.970. The highest BCUT2D eigenvalue weighted by Gasteiger charge is 2.21. The standard InChI is InChI=1S/C15H22ClNO3/c1-10(9-18-2)20-15-13(16)6-11(7-14(15)19-3)8-17-12-4-5-12/h6-7,10,12,17H,4-5,8-9H2,1-3H3. The van der Waals surface area contributed by atoms with Crippen molar-refractivity contribution in [3.05, 3.63) is 22.7 Å². The first-order valence-corrected chi connectivity index (χ1v) is 7.27. The highest BCUT2D eigenvalue weighted by Crippen LogP contribution is 2.37. The maximum Gasteiger partial charge on any atom is 0.180 e. The van der Waals surface area contributed by atoms with Gasteiger partial charge in [-0.2, -0.15) is 0 Å². The fraction of sp³-hybridized carbons (Fsp3) is 0.600. The molecular formula is C15H22ClNO3. The van der Waals surface area contributed by atoms with Crippen molar-refractivity contribution in [1.82, 2.24) is 5.32 Å². The lowest BCUT2D eigenvalue weighted by Crippen LogP contribution is -2.19. The molecule has 2 rings (SSSR count). The van der Waals surface area contributed by atoms with Gasteiger partial charge < -0.3 is 19.5 Å². The Labute approximate surface area is 125 Å². The Morgan fingerprint density at radius 1 is 1.35 bits per heavy atom. The van der Waals surface area contributed by atoms with Crippen molar-refractivity contribution in [3.8, 4) is 11.5 Å². The summed E-state index contributed by atoms with van der Waals surface area (Å²) in [5.74, 6) is 1.24. The van der Waals surface area contributed by atoms with Crippen molar-refractivity contribution in [1.29, 1.82) is 0 Å². The minimum absolute atomic E-state index is 0.0816. The van der Waals surface area contributed by atoms with Crippen LogP contribution in [0.1, 0.15) is 25.3 Å². The maximum atomic E-state index is 6.31. The summed E-state index contributed by atoms with van der Waals surface area (Å²) in [4.78, 5) is 0. The third-order valence-corrected chi connectivity index (χ3v) is 3.46. The van der Waals surface area contributed by atoms with E-state index in [0.717, 1.165) is 12.1 Å². The predicted octanol–water partition coefficient (Wildman–Crippen LogP) is 3.01. The largest absolute Gasteiger partial charge is 0.493 e. The van der Waals surface area contributed by atoms with Gasteiger partial charge >= 0.3 is 0 Å².